The number of aromatic nitrogens is 1. The number of hydrogen-bond donors (Lipinski definition) is 1. The monoisotopic (exact) mass is 275 g/mol. The van der Waals surface area contributed by atoms with Gasteiger partial charge in [0, 0.05) is 23.6 Å². The number of carbonyl (C=O) groups is 1. The second-order valence-electron chi connectivity index (χ2n) is 5.60. The van der Waals surface area contributed by atoms with E-state index in [0.717, 1.165) is 16.7 Å². The van der Waals surface area contributed by atoms with Gasteiger partial charge in [0.25, 0.3) is 0 Å². The van der Waals surface area contributed by atoms with Gasteiger partial charge in [-0.1, -0.05) is 0 Å². The van der Waals surface area contributed by atoms with E-state index in [2.05, 4.69) is 4.57 Å². The largest absolute Gasteiger partial charge is 0.494 e. The van der Waals surface area contributed by atoms with Crippen LogP contribution in [0.4, 0.5) is 0 Å². The van der Waals surface area contributed by atoms with Crippen molar-refractivity contribution < 1.29 is 14.6 Å². The van der Waals surface area contributed by atoms with E-state index in [9.17, 15) is 4.79 Å². The maximum atomic E-state index is 11.1. The third kappa shape index (κ3) is 2.95. The normalized spacial score (nSPS) is 11.8. The Hall–Kier alpha value is -1.97. The number of nitrogens with zero attached hydrogens (tertiary/aromatic N) is 1. The van der Waals surface area contributed by atoms with Crippen LogP contribution in [0.2, 0.25) is 0 Å². The van der Waals surface area contributed by atoms with Crippen molar-refractivity contribution in [2.45, 2.75) is 33.7 Å². The molecule has 4 nitrogen and oxygen atoms in total. The van der Waals surface area contributed by atoms with Crippen LogP contribution >= 0.6 is 0 Å². The standard InChI is InChI=1S/C16H21NO3/c1-4-20-13-5-6-14-12(11-13)7-9-17(14)10-8-16(2,3)15(18)19/h5-7,9,11H,4,8,10H2,1-3H3,(H,18,19). The lowest BCUT2D eigenvalue weighted by Crippen LogP contribution is -2.25. The Labute approximate surface area is 119 Å². The number of aryl methyl sites for hydroxylation is 1. The summed E-state index contributed by atoms with van der Waals surface area (Å²) in [6.45, 7) is 6.82. The Kier molecular flexibility index (Phi) is 4.02. The van der Waals surface area contributed by atoms with Crippen molar-refractivity contribution in [1.29, 1.82) is 0 Å². The molecule has 20 heavy (non-hydrogen) atoms. The highest BCUT2D eigenvalue weighted by atomic mass is 16.5. The molecule has 0 atom stereocenters. The molecule has 0 bridgehead atoms. The van der Waals surface area contributed by atoms with E-state index in [4.69, 9.17) is 9.84 Å². The van der Waals surface area contributed by atoms with Gasteiger partial charge in [0.2, 0.25) is 0 Å². The average Bonchev–Trinajstić information content (AvgIpc) is 2.79. The maximum absolute atomic E-state index is 11.1. The first-order valence-corrected chi connectivity index (χ1v) is 6.89. The SMILES string of the molecule is CCOc1ccc2c(ccn2CCC(C)(C)C(=O)O)c1. The molecule has 0 saturated carbocycles. The topological polar surface area (TPSA) is 51.5 Å². The minimum Gasteiger partial charge on any atom is -0.494 e. The van der Waals surface area contributed by atoms with Gasteiger partial charge in [0.1, 0.15) is 5.75 Å². The lowest BCUT2D eigenvalue weighted by atomic mass is 9.89. The Morgan fingerprint density at radius 2 is 2.10 bits per heavy atom. The van der Waals surface area contributed by atoms with Crippen molar-refractivity contribution in [3.8, 4) is 5.75 Å². The van der Waals surface area contributed by atoms with Crippen molar-refractivity contribution >= 4 is 16.9 Å². The predicted molar refractivity (Wildman–Crippen MR) is 79.1 cm³/mol. The van der Waals surface area contributed by atoms with E-state index in [1.54, 1.807) is 13.8 Å². The Morgan fingerprint density at radius 3 is 2.75 bits per heavy atom. The molecule has 0 fully saturated rings. The highest BCUT2D eigenvalue weighted by Gasteiger charge is 2.26. The number of benzene rings is 1. The summed E-state index contributed by atoms with van der Waals surface area (Å²) >= 11 is 0. The fourth-order valence-electron chi connectivity index (χ4n) is 2.14. The first-order valence-electron chi connectivity index (χ1n) is 6.89. The highest BCUT2D eigenvalue weighted by molar-refractivity contribution is 5.81. The van der Waals surface area contributed by atoms with E-state index < -0.39 is 11.4 Å². The number of fused-ring (bicyclic) bond motifs is 1. The molecule has 2 rings (SSSR count). The van der Waals surface area contributed by atoms with E-state index in [1.807, 2.05) is 37.4 Å². The van der Waals surface area contributed by atoms with Crippen LogP contribution in [0, 0.1) is 5.41 Å². The smallest absolute Gasteiger partial charge is 0.309 e. The maximum Gasteiger partial charge on any atom is 0.309 e. The van der Waals surface area contributed by atoms with Gasteiger partial charge in [-0.3, -0.25) is 4.79 Å². The summed E-state index contributed by atoms with van der Waals surface area (Å²) in [4.78, 5) is 11.1. The van der Waals surface area contributed by atoms with Crippen molar-refractivity contribution in [3.05, 3.63) is 30.5 Å². The van der Waals surface area contributed by atoms with Crippen molar-refractivity contribution in [3.63, 3.8) is 0 Å². The van der Waals surface area contributed by atoms with Crippen LogP contribution in [0.25, 0.3) is 10.9 Å². The van der Waals surface area contributed by atoms with Crippen molar-refractivity contribution in [1.82, 2.24) is 4.57 Å². The number of rotatable bonds is 6. The number of hydrogen-bond acceptors (Lipinski definition) is 2. The number of ether oxygens (including phenoxy) is 1. The van der Waals surface area contributed by atoms with Gasteiger partial charge >= 0.3 is 5.97 Å². The summed E-state index contributed by atoms with van der Waals surface area (Å²) in [5.41, 5.74) is 0.400. The van der Waals surface area contributed by atoms with Crippen LogP contribution in [0.3, 0.4) is 0 Å². The van der Waals surface area contributed by atoms with Gasteiger partial charge in [-0.25, -0.2) is 0 Å². The average molecular weight is 275 g/mol. The van der Waals surface area contributed by atoms with Gasteiger partial charge in [-0.15, -0.1) is 0 Å². The number of carboxylic acid groups (broad SMARTS) is 1. The third-order valence-corrected chi connectivity index (χ3v) is 3.61. The first kappa shape index (κ1) is 14.4. The molecule has 0 aliphatic rings. The fourth-order valence-corrected chi connectivity index (χ4v) is 2.14. The Balaban J connectivity index is 2.17. The molecular formula is C16H21NO3. The summed E-state index contributed by atoms with van der Waals surface area (Å²) in [6.07, 6.45) is 2.59. The molecule has 0 saturated heterocycles. The molecule has 0 amide bonds. The van der Waals surface area contributed by atoms with Gasteiger partial charge in [-0.05, 0) is 51.5 Å². The minimum atomic E-state index is -0.757. The van der Waals surface area contributed by atoms with Crippen LogP contribution in [-0.4, -0.2) is 22.2 Å². The van der Waals surface area contributed by atoms with Gasteiger partial charge in [0.05, 0.1) is 12.0 Å². The predicted octanol–water partition coefficient (Wildman–Crippen LogP) is 3.54. The lowest BCUT2D eigenvalue weighted by molar-refractivity contribution is -0.147. The summed E-state index contributed by atoms with van der Waals surface area (Å²) in [5, 5.41) is 10.3. The fraction of sp³-hybridized carbons (Fsp3) is 0.438. The van der Waals surface area contributed by atoms with Gasteiger partial charge in [-0.2, -0.15) is 0 Å². The van der Waals surface area contributed by atoms with Crippen LogP contribution in [-0.2, 0) is 11.3 Å². The third-order valence-electron chi connectivity index (χ3n) is 3.61. The molecule has 2 aromatic rings. The van der Waals surface area contributed by atoms with Crippen LogP contribution in [0.15, 0.2) is 30.5 Å². The molecule has 108 valence electrons. The van der Waals surface area contributed by atoms with E-state index >= 15 is 0 Å². The minimum absolute atomic E-state index is 0.597. The molecule has 0 spiro atoms. The summed E-state index contributed by atoms with van der Waals surface area (Å²) in [6, 6.07) is 8.02. The molecule has 0 radical (unpaired) electrons. The molecule has 0 aliphatic heterocycles. The summed E-state index contributed by atoms with van der Waals surface area (Å²) < 4.78 is 7.57. The molecule has 0 unspecified atom stereocenters. The molecule has 0 aliphatic carbocycles. The Morgan fingerprint density at radius 1 is 1.35 bits per heavy atom. The van der Waals surface area contributed by atoms with Crippen LogP contribution in [0.5, 0.6) is 5.75 Å². The molecule has 1 aromatic carbocycles. The first-order chi connectivity index (χ1) is 9.44. The second kappa shape index (κ2) is 5.57. The second-order valence-corrected chi connectivity index (χ2v) is 5.60. The zero-order valence-electron chi connectivity index (χ0n) is 12.2. The zero-order chi connectivity index (χ0) is 14.8. The van der Waals surface area contributed by atoms with Gasteiger partial charge < -0.3 is 14.4 Å². The quantitative estimate of drug-likeness (QED) is 0.877. The summed E-state index contributed by atoms with van der Waals surface area (Å²) in [7, 11) is 0. The van der Waals surface area contributed by atoms with Crippen LogP contribution < -0.4 is 4.74 Å². The molecule has 1 heterocycles. The Bertz CT molecular complexity index is 613. The van der Waals surface area contributed by atoms with E-state index in [-0.39, 0.29) is 0 Å². The van der Waals surface area contributed by atoms with E-state index in [0.29, 0.717) is 19.6 Å². The summed E-state index contributed by atoms with van der Waals surface area (Å²) in [5.74, 6) is 0.108. The lowest BCUT2D eigenvalue weighted by Gasteiger charge is -2.19. The van der Waals surface area contributed by atoms with Crippen LogP contribution in [0.1, 0.15) is 27.2 Å². The molecule has 1 aromatic heterocycles. The highest BCUT2D eigenvalue weighted by Crippen LogP contribution is 2.25. The molecule has 1 N–H and O–H groups in total. The zero-order valence-corrected chi connectivity index (χ0v) is 12.2. The molecular weight excluding hydrogens is 254 g/mol. The van der Waals surface area contributed by atoms with Crippen molar-refractivity contribution in [2.24, 2.45) is 5.41 Å². The van der Waals surface area contributed by atoms with Gasteiger partial charge in [0.15, 0.2) is 0 Å². The van der Waals surface area contributed by atoms with E-state index in [1.165, 1.54) is 0 Å². The number of carboxylic acids is 1. The number of aliphatic carboxylic acids is 1. The van der Waals surface area contributed by atoms with Crippen molar-refractivity contribution in [2.75, 3.05) is 6.61 Å². The molecule has 4 heteroatoms.